The van der Waals surface area contributed by atoms with Crippen LogP contribution in [0.3, 0.4) is 0 Å². The Morgan fingerprint density at radius 1 is 1.06 bits per heavy atom. The molecule has 31 heavy (non-hydrogen) atoms. The number of methoxy groups -OCH3 is 2. The standard InChI is InChI=1S/C22H31F3N2O4/c1-16(30-3)19(28)26-12-10-21(11-13-26,18-8-6-5-7-9-18)14-27(15-22(23,24)25)20(29)17(2)31-4/h5-9,16-17H,10-15H2,1-4H3/t16-,17-/m1/s1. The molecule has 2 atom stereocenters. The molecule has 1 saturated heterocycles. The summed E-state index contributed by atoms with van der Waals surface area (Å²) in [5.74, 6) is -0.859. The highest BCUT2D eigenvalue weighted by Gasteiger charge is 2.43. The molecule has 0 unspecified atom stereocenters. The molecule has 9 heteroatoms. The lowest BCUT2D eigenvalue weighted by Crippen LogP contribution is -2.55. The minimum atomic E-state index is -4.54. The van der Waals surface area contributed by atoms with E-state index in [0.717, 1.165) is 10.5 Å². The number of alkyl halides is 3. The number of ether oxygens (including phenoxy) is 2. The lowest BCUT2D eigenvalue weighted by molar-refractivity contribution is -0.169. The van der Waals surface area contributed by atoms with Crippen molar-refractivity contribution >= 4 is 11.8 Å². The van der Waals surface area contributed by atoms with E-state index in [1.165, 1.54) is 21.1 Å². The molecule has 1 fully saturated rings. The van der Waals surface area contributed by atoms with E-state index in [-0.39, 0.29) is 12.5 Å². The van der Waals surface area contributed by atoms with Gasteiger partial charge in [-0.25, -0.2) is 0 Å². The van der Waals surface area contributed by atoms with Gasteiger partial charge in [-0.15, -0.1) is 0 Å². The Morgan fingerprint density at radius 2 is 1.61 bits per heavy atom. The number of rotatable bonds is 8. The van der Waals surface area contributed by atoms with Gasteiger partial charge in [-0.05, 0) is 32.3 Å². The van der Waals surface area contributed by atoms with Gasteiger partial charge in [0.1, 0.15) is 18.8 Å². The summed E-state index contributed by atoms with van der Waals surface area (Å²) >= 11 is 0. The quantitative estimate of drug-likeness (QED) is 0.619. The number of likely N-dealkylation sites (tertiary alicyclic amines) is 1. The van der Waals surface area contributed by atoms with Crippen LogP contribution in [-0.2, 0) is 24.5 Å². The molecule has 1 aromatic rings. The first kappa shape index (κ1) is 25.1. The van der Waals surface area contributed by atoms with Crippen molar-refractivity contribution in [2.75, 3.05) is 40.4 Å². The van der Waals surface area contributed by atoms with Crippen molar-refractivity contribution in [1.29, 1.82) is 0 Å². The molecular formula is C22H31F3N2O4. The van der Waals surface area contributed by atoms with Crippen molar-refractivity contribution in [2.24, 2.45) is 0 Å². The molecular weight excluding hydrogens is 413 g/mol. The predicted octanol–water partition coefficient (Wildman–Crippen LogP) is 3.01. The second-order valence-electron chi connectivity index (χ2n) is 8.04. The lowest BCUT2D eigenvalue weighted by atomic mass is 9.72. The van der Waals surface area contributed by atoms with Gasteiger partial charge in [0.2, 0.25) is 0 Å². The Balaban J connectivity index is 2.33. The maximum absolute atomic E-state index is 13.3. The highest BCUT2D eigenvalue weighted by Crippen LogP contribution is 2.37. The maximum atomic E-state index is 13.3. The zero-order valence-corrected chi connectivity index (χ0v) is 18.4. The number of amides is 2. The van der Waals surface area contributed by atoms with Gasteiger partial charge in [-0.1, -0.05) is 30.3 Å². The fourth-order valence-electron chi connectivity index (χ4n) is 3.99. The third-order valence-electron chi connectivity index (χ3n) is 6.00. The van der Waals surface area contributed by atoms with E-state index in [1.54, 1.807) is 11.8 Å². The van der Waals surface area contributed by atoms with Crippen LogP contribution in [0.15, 0.2) is 30.3 Å². The Bertz CT molecular complexity index is 734. The Labute approximate surface area is 181 Å². The van der Waals surface area contributed by atoms with Gasteiger partial charge in [0.15, 0.2) is 0 Å². The van der Waals surface area contributed by atoms with Crippen molar-refractivity contribution in [3.8, 4) is 0 Å². The summed E-state index contributed by atoms with van der Waals surface area (Å²) in [5.41, 5.74) is 0.148. The Morgan fingerprint density at radius 3 is 2.10 bits per heavy atom. The number of benzene rings is 1. The molecule has 0 spiro atoms. The fraction of sp³-hybridized carbons (Fsp3) is 0.636. The minimum Gasteiger partial charge on any atom is -0.372 e. The van der Waals surface area contributed by atoms with E-state index in [1.807, 2.05) is 30.3 Å². The average Bonchev–Trinajstić information content (AvgIpc) is 2.76. The third-order valence-corrected chi connectivity index (χ3v) is 6.00. The molecule has 1 heterocycles. The van der Waals surface area contributed by atoms with Crippen molar-refractivity contribution in [2.45, 2.75) is 50.5 Å². The van der Waals surface area contributed by atoms with Gasteiger partial charge in [-0.3, -0.25) is 9.59 Å². The topological polar surface area (TPSA) is 59.1 Å². The molecule has 1 aromatic carbocycles. The van der Waals surface area contributed by atoms with Crippen LogP contribution in [0, 0.1) is 0 Å². The van der Waals surface area contributed by atoms with Crippen LogP contribution in [0.25, 0.3) is 0 Å². The van der Waals surface area contributed by atoms with Crippen LogP contribution in [0.1, 0.15) is 32.3 Å². The molecule has 0 aliphatic carbocycles. The molecule has 0 radical (unpaired) electrons. The van der Waals surface area contributed by atoms with Crippen molar-refractivity contribution < 1.29 is 32.2 Å². The first-order valence-corrected chi connectivity index (χ1v) is 10.3. The third kappa shape index (κ3) is 6.43. The van der Waals surface area contributed by atoms with Gasteiger partial charge in [0, 0.05) is 39.3 Å². The zero-order chi connectivity index (χ0) is 23.2. The van der Waals surface area contributed by atoms with Crippen molar-refractivity contribution in [3.05, 3.63) is 35.9 Å². The van der Waals surface area contributed by atoms with E-state index in [2.05, 4.69) is 0 Å². The molecule has 0 N–H and O–H groups in total. The SMILES string of the molecule is CO[C@H](C)C(=O)N1CCC(CN(CC(F)(F)F)C(=O)[C@@H](C)OC)(c2ccccc2)CC1. The summed E-state index contributed by atoms with van der Waals surface area (Å²) in [5, 5.41) is 0. The van der Waals surface area contributed by atoms with Crippen molar-refractivity contribution in [1.82, 2.24) is 9.80 Å². The van der Waals surface area contributed by atoms with Gasteiger partial charge >= 0.3 is 6.18 Å². The number of nitrogens with zero attached hydrogens (tertiary/aromatic N) is 2. The second kappa shape index (κ2) is 10.5. The molecule has 0 bridgehead atoms. The summed E-state index contributed by atoms with van der Waals surface area (Å²) in [6.07, 6.45) is -5.25. The number of carbonyl (C=O) groups is 2. The summed E-state index contributed by atoms with van der Waals surface area (Å²) in [6.45, 7) is 2.39. The number of piperidine rings is 1. The number of carbonyl (C=O) groups excluding carboxylic acids is 2. The van der Waals surface area contributed by atoms with Crippen LogP contribution in [0.2, 0.25) is 0 Å². The molecule has 6 nitrogen and oxygen atoms in total. The average molecular weight is 444 g/mol. The van der Waals surface area contributed by atoms with E-state index >= 15 is 0 Å². The maximum Gasteiger partial charge on any atom is 0.406 e. The summed E-state index contributed by atoms with van der Waals surface area (Å²) in [6, 6.07) is 9.23. The smallest absolute Gasteiger partial charge is 0.372 e. The Hall–Kier alpha value is -2.13. The highest BCUT2D eigenvalue weighted by atomic mass is 19.4. The minimum absolute atomic E-state index is 0.106. The first-order chi connectivity index (χ1) is 14.5. The van der Waals surface area contributed by atoms with E-state index in [4.69, 9.17) is 9.47 Å². The summed E-state index contributed by atoms with van der Waals surface area (Å²) in [4.78, 5) is 27.7. The number of hydrogen-bond donors (Lipinski definition) is 0. The van der Waals surface area contributed by atoms with Crippen LogP contribution >= 0.6 is 0 Å². The normalized spacial score (nSPS) is 18.4. The Kier molecular flexibility index (Phi) is 8.48. The van der Waals surface area contributed by atoms with Crippen LogP contribution in [0.5, 0.6) is 0 Å². The van der Waals surface area contributed by atoms with Crippen LogP contribution in [0.4, 0.5) is 13.2 Å². The molecule has 0 saturated carbocycles. The number of halogens is 3. The lowest BCUT2D eigenvalue weighted by Gasteiger charge is -2.45. The molecule has 2 rings (SSSR count). The fourth-order valence-corrected chi connectivity index (χ4v) is 3.99. The van der Waals surface area contributed by atoms with Crippen LogP contribution < -0.4 is 0 Å². The first-order valence-electron chi connectivity index (χ1n) is 10.3. The van der Waals surface area contributed by atoms with Gasteiger partial charge < -0.3 is 19.3 Å². The monoisotopic (exact) mass is 444 g/mol. The number of hydrogen-bond acceptors (Lipinski definition) is 4. The van der Waals surface area contributed by atoms with E-state index in [9.17, 15) is 22.8 Å². The predicted molar refractivity (Wildman–Crippen MR) is 110 cm³/mol. The molecule has 174 valence electrons. The molecule has 1 aliphatic heterocycles. The second-order valence-corrected chi connectivity index (χ2v) is 8.04. The van der Waals surface area contributed by atoms with Gasteiger partial charge in [0.25, 0.3) is 11.8 Å². The molecule has 0 aromatic heterocycles. The van der Waals surface area contributed by atoms with Gasteiger partial charge in [0.05, 0.1) is 0 Å². The van der Waals surface area contributed by atoms with E-state index < -0.39 is 36.3 Å². The van der Waals surface area contributed by atoms with Gasteiger partial charge in [-0.2, -0.15) is 13.2 Å². The molecule has 2 amide bonds. The largest absolute Gasteiger partial charge is 0.406 e. The zero-order valence-electron chi connectivity index (χ0n) is 18.4. The highest BCUT2D eigenvalue weighted by molar-refractivity contribution is 5.81. The summed E-state index contributed by atoms with van der Waals surface area (Å²) < 4.78 is 50.0. The molecule has 1 aliphatic rings. The summed E-state index contributed by atoms with van der Waals surface area (Å²) in [7, 11) is 2.75. The van der Waals surface area contributed by atoms with Crippen molar-refractivity contribution in [3.63, 3.8) is 0 Å². The van der Waals surface area contributed by atoms with E-state index in [0.29, 0.717) is 25.9 Å². The van der Waals surface area contributed by atoms with Crippen LogP contribution in [-0.4, -0.2) is 80.4 Å².